The van der Waals surface area contributed by atoms with E-state index in [1.165, 1.54) is 11.8 Å². The maximum Gasteiger partial charge on any atom is 0.257 e. The molecule has 0 spiro atoms. The number of nitrogens with zero attached hydrogens (tertiary/aromatic N) is 4. The third kappa shape index (κ3) is 3.63. The summed E-state index contributed by atoms with van der Waals surface area (Å²) in [6.07, 6.45) is 1.57. The predicted molar refractivity (Wildman–Crippen MR) is 99.0 cm³/mol. The van der Waals surface area contributed by atoms with Gasteiger partial charge in [-0.15, -0.1) is 0 Å². The Morgan fingerprint density at radius 3 is 3.00 bits per heavy atom. The average Bonchev–Trinajstić information content (AvgIpc) is 3.18. The molecule has 27 heavy (non-hydrogen) atoms. The zero-order valence-electron chi connectivity index (χ0n) is 14.6. The maximum atomic E-state index is 12.5. The van der Waals surface area contributed by atoms with Crippen LogP contribution in [0.2, 0.25) is 0 Å². The van der Waals surface area contributed by atoms with Gasteiger partial charge in [0.25, 0.3) is 5.56 Å². The van der Waals surface area contributed by atoms with Crippen molar-refractivity contribution in [1.29, 1.82) is 0 Å². The molecule has 0 fully saturated rings. The highest BCUT2D eigenvalue weighted by Gasteiger charge is 2.27. The van der Waals surface area contributed by atoms with Crippen LogP contribution in [-0.4, -0.2) is 31.4 Å². The van der Waals surface area contributed by atoms with Crippen LogP contribution in [0.3, 0.4) is 0 Å². The highest BCUT2D eigenvalue weighted by Crippen LogP contribution is 2.25. The number of rotatable bonds is 4. The summed E-state index contributed by atoms with van der Waals surface area (Å²) >= 11 is 1.41. The van der Waals surface area contributed by atoms with Crippen molar-refractivity contribution >= 4 is 17.7 Å². The maximum absolute atomic E-state index is 12.5. The number of hydrogen-bond donors (Lipinski definition) is 1. The standard InChI is InChI=1S/C18H17N5O3S/c1-11-7-20-18-23(17(11)25)9-13(10-27-18)16(24)19-8-14-21-15(22-26-14)12-5-3-2-4-6-12/h2-7,13H,8-10H2,1H3,(H,19,24)/t13-/m0/s1. The van der Waals surface area contributed by atoms with Gasteiger partial charge in [0.15, 0.2) is 5.16 Å². The molecule has 1 amide bonds. The van der Waals surface area contributed by atoms with E-state index >= 15 is 0 Å². The lowest BCUT2D eigenvalue weighted by atomic mass is 10.1. The van der Waals surface area contributed by atoms with Gasteiger partial charge in [0.2, 0.25) is 17.6 Å². The van der Waals surface area contributed by atoms with Crippen molar-refractivity contribution in [3.05, 3.63) is 58.3 Å². The van der Waals surface area contributed by atoms with E-state index in [0.717, 1.165) is 5.56 Å². The van der Waals surface area contributed by atoms with Gasteiger partial charge in [0.1, 0.15) is 0 Å². The molecule has 4 rings (SSSR count). The molecule has 9 heteroatoms. The second-order valence-corrected chi connectivity index (χ2v) is 7.23. The molecule has 2 aromatic heterocycles. The number of hydrogen-bond acceptors (Lipinski definition) is 7. The summed E-state index contributed by atoms with van der Waals surface area (Å²) in [6, 6.07) is 9.47. The molecule has 0 bridgehead atoms. The third-order valence-corrected chi connectivity index (χ3v) is 5.44. The minimum Gasteiger partial charge on any atom is -0.347 e. The van der Waals surface area contributed by atoms with Gasteiger partial charge in [0, 0.05) is 29.6 Å². The minimum absolute atomic E-state index is 0.102. The van der Waals surface area contributed by atoms with E-state index in [2.05, 4.69) is 20.4 Å². The van der Waals surface area contributed by atoms with Crippen molar-refractivity contribution in [3.63, 3.8) is 0 Å². The van der Waals surface area contributed by atoms with E-state index in [-0.39, 0.29) is 23.9 Å². The lowest BCUT2D eigenvalue weighted by molar-refractivity contribution is -0.125. The third-order valence-electron chi connectivity index (χ3n) is 4.28. The number of fused-ring (bicyclic) bond motifs is 1. The van der Waals surface area contributed by atoms with Gasteiger partial charge in [-0.2, -0.15) is 4.98 Å². The van der Waals surface area contributed by atoms with Gasteiger partial charge in [-0.25, -0.2) is 4.98 Å². The van der Waals surface area contributed by atoms with Gasteiger partial charge in [-0.05, 0) is 6.92 Å². The van der Waals surface area contributed by atoms with E-state index in [4.69, 9.17) is 4.52 Å². The summed E-state index contributed by atoms with van der Waals surface area (Å²) in [5.74, 6) is 0.914. The van der Waals surface area contributed by atoms with Crippen LogP contribution in [0, 0.1) is 12.8 Å². The minimum atomic E-state index is -0.319. The summed E-state index contributed by atoms with van der Waals surface area (Å²) in [5.41, 5.74) is 1.32. The van der Waals surface area contributed by atoms with E-state index in [0.29, 0.717) is 34.7 Å². The molecule has 1 aromatic carbocycles. The Labute approximate surface area is 159 Å². The van der Waals surface area contributed by atoms with Crippen molar-refractivity contribution in [2.45, 2.75) is 25.2 Å². The number of carbonyl (C=O) groups excluding carboxylic acids is 1. The molecular weight excluding hydrogens is 366 g/mol. The molecule has 1 aliphatic heterocycles. The number of nitrogens with one attached hydrogen (secondary N) is 1. The molecule has 8 nitrogen and oxygen atoms in total. The SMILES string of the molecule is Cc1cnc2n(c1=O)C[C@H](C(=O)NCc1nc(-c3ccccc3)no1)CS2. The molecule has 1 aliphatic rings. The highest BCUT2D eigenvalue weighted by molar-refractivity contribution is 7.99. The number of thioether (sulfide) groups is 1. The van der Waals surface area contributed by atoms with Crippen molar-refractivity contribution in [3.8, 4) is 11.4 Å². The molecular formula is C18H17N5O3S. The van der Waals surface area contributed by atoms with E-state index in [1.807, 2.05) is 30.3 Å². The Kier molecular flexibility index (Phi) is 4.76. The first kappa shape index (κ1) is 17.5. The van der Waals surface area contributed by atoms with Gasteiger partial charge < -0.3 is 9.84 Å². The Morgan fingerprint density at radius 1 is 1.37 bits per heavy atom. The van der Waals surface area contributed by atoms with Crippen molar-refractivity contribution < 1.29 is 9.32 Å². The molecule has 0 saturated heterocycles. The van der Waals surface area contributed by atoms with Crippen LogP contribution in [0.5, 0.6) is 0 Å². The zero-order chi connectivity index (χ0) is 18.8. The van der Waals surface area contributed by atoms with E-state index in [1.54, 1.807) is 17.7 Å². The first-order valence-electron chi connectivity index (χ1n) is 8.47. The molecule has 0 saturated carbocycles. The van der Waals surface area contributed by atoms with Crippen LogP contribution in [0.1, 0.15) is 11.5 Å². The van der Waals surface area contributed by atoms with Crippen LogP contribution in [-0.2, 0) is 17.9 Å². The highest BCUT2D eigenvalue weighted by atomic mass is 32.2. The molecule has 138 valence electrons. The Balaban J connectivity index is 1.40. The normalized spacial score (nSPS) is 16.0. The zero-order valence-corrected chi connectivity index (χ0v) is 15.4. The van der Waals surface area contributed by atoms with Gasteiger partial charge in [-0.3, -0.25) is 14.2 Å². The first-order valence-corrected chi connectivity index (χ1v) is 9.45. The molecule has 3 aromatic rings. The van der Waals surface area contributed by atoms with Crippen molar-refractivity contribution in [2.24, 2.45) is 5.92 Å². The number of aromatic nitrogens is 4. The van der Waals surface area contributed by atoms with Crippen LogP contribution in [0.4, 0.5) is 0 Å². The molecule has 1 N–H and O–H groups in total. The summed E-state index contributed by atoms with van der Waals surface area (Å²) in [5, 5.41) is 7.40. The van der Waals surface area contributed by atoms with Gasteiger partial charge >= 0.3 is 0 Å². The van der Waals surface area contributed by atoms with Gasteiger partial charge in [0.05, 0.1) is 12.5 Å². The molecule has 0 radical (unpaired) electrons. The van der Waals surface area contributed by atoms with Crippen molar-refractivity contribution in [2.75, 3.05) is 5.75 Å². The fraction of sp³-hybridized carbons (Fsp3) is 0.278. The average molecular weight is 383 g/mol. The smallest absolute Gasteiger partial charge is 0.257 e. The van der Waals surface area contributed by atoms with Crippen LogP contribution in [0.25, 0.3) is 11.4 Å². The number of amides is 1. The Bertz CT molecular complexity index is 1030. The summed E-state index contributed by atoms with van der Waals surface area (Å²) in [4.78, 5) is 33.3. The van der Waals surface area contributed by atoms with Crippen LogP contribution >= 0.6 is 11.8 Å². The van der Waals surface area contributed by atoms with Crippen molar-refractivity contribution in [1.82, 2.24) is 25.0 Å². The predicted octanol–water partition coefficient (Wildman–Crippen LogP) is 1.64. The summed E-state index contributed by atoms with van der Waals surface area (Å²) in [7, 11) is 0. The summed E-state index contributed by atoms with van der Waals surface area (Å²) in [6.45, 7) is 2.19. The van der Waals surface area contributed by atoms with Gasteiger partial charge in [-0.1, -0.05) is 47.3 Å². The molecule has 1 atom stereocenters. The van der Waals surface area contributed by atoms with Crippen LogP contribution in [0.15, 0.2) is 51.0 Å². The fourth-order valence-electron chi connectivity index (χ4n) is 2.80. The Hall–Kier alpha value is -2.94. The lowest BCUT2D eigenvalue weighted by Gasteiger charge is -2.24. The topological polar surface area (TPSA) is 103 Å². The lowest BCUT2D eigenvalue weighted by Crippen LogP contribution is -2.40. The molecule has 3 heterocycles. The summed E-state index contributed by atoms with van der Waals surface area (Å²) < 4.78 is 6.77. The number of carbonyl (C=O) groups is 1. The molecule has 0 unspecified atom stereocenters. The van der Waals surface area contributed by atoms with E-state index in [9.17, 15) is 9.59 Å². The number of benzene rings is 1. The Morgan fingerprint density at radius 2 is 2.19 bits per heavy atom. The molecule has 0 aliphatic carbocycles. The number of aryl methyl sites for hydroxylation is 1. The van der Waals surface area contributed by atoms with Crippen LogP contribution < -0.4 is 10.9 Å². The quantitative estimate of drug-likeness (QED) is 0.683. The fourth-order valence-corrected chi connectivity index (χ4v) is 3.85. The largest absolute Gasteiger partial charge is 0.347 e. The van der Waals surface area contributed by atoms with E-state index < -0.39 is 0 Å². The first-order chi connectivity index (χ1) is 13.1. The monoisotopic (exact) mass is 383 g/mol. The second kappa shape index (κ2) is 7.36. The second-order valence-electron chi connectivity index (χ2n) is 6.24.